The summed E-state index contributed by atoms with van der Waals surface area (Å²) in [5, 5.41) is 10.6. The molecule has 2 rings (SSSR count). The molecule has 0 amide bonds. The summed E-state index contributed by atoms with van der Waals surface area (Å²) in [7, 11) is 0. The zero-order valence-electron chi connectivity index (χ0n) is 7.36. The number of amidine groups is 1. The third kappa shape index (κ3) is 1.36. The Labute approximate surface area is 76.3 Å². The zero-order chi connectivity index (χ0) is 9.42. The van der Waals surface area contributed by atoms with Crippen molar-refractivity contribution in [1.82, 2.24) is 0 Å². The van der Waals surface area contributed by atoms with E-state index in [2.05, 4.69) is 4.99 Å². The number of hydroxylamine groups is 1. The molecule has 0 saturated carbocycles. The van der Waals surface area contributed by atoms with Gasteiger partial charge in [-0.25, -0.2) is 10.1 Å². The van der Waals surface area contributed by atoms with E-state index in [1.165, 1.54) is 0 Å². The van der Waals surface area contributed by atoms with Gasteiger partial charge >= 0.3 is 0 Å². The lowest BCUT2D eigenvalue weighted by Gasteiger charge is -2.23. The molecular formula is C9H11N3O. The molecule has 0 aliphatic carbocycles. The fourth-order valence-electron chi connectivity index (χ4n) is 1.36. The van der Waals surface area contributed by atoms with Gasteiger partial charge < -0.3 is 5.73 Å². The van der Waals surface area contributed by atoms with Crippen molar-refractivity contribution < 1.29 is 5.21 Å². The maximum absolute atomic E-state index is 9.53. The van der Waals surface area contributed by atoms with E-state index in [1.54, 1.807) is 0 Å². The Kier molecular flexibility index (Phi) is 1.70. The topological polar surface area (TPSA) is 61.8 Å². The second kappa shape index (κ2) is 2.74. The number of benzene rings is 1. The monoisotopic (exact) mass is 177 g/mol. The summed E-state index contributed by atoms with van der Waals surface area (Å²) in [4.78, 5) is 4.13. The van der Waals surface area contributed by atoms with E-state index in [1.807, 2.05) is 25.1 Å². The fourth-order valence-corrected chi connectivity index (χ4v) is 1.36. The van der Waals surface area contributed by atoms with Crippen LogP contribution in [0.5, 0.6) is 0 Å². The predicted octanol–water partition coefficient (Wildman–Crippen LogP) is 1.19. The Bertz CT molecular complexity index is 373. The molecule has 0 unspecified atom stereocenters. The highest BCUT2D eigenvalue weighted by molar-refractivity contribution is 5.92. The molecule has 0 atom stereocenters. The lowest BCUT2D eigenvalue weighted by molar-refractivity contribution is 0.268. The Balaban J connectivity index is 2.56. The Morgan fingerprint density at radius 2 is 2.31 bits per heavy atom. The van der Waals surface area contributed by atoms with Crippen LogP contribution < -0.4 is 10.8 Å². The van der Waals surface area contributed by atoms with Gasteiger partial charge in [-0.3, -0.25) is 5.21 Å². The van der Waals surface area contributed by atoms with E-state index >= 15 is 0 Å². The molecule has 1 aliphatic heterocycles. The van der Waals surface area contributed by atoms with Gasteiger partial charge in [0.1, 0.15) is 12.4 Å². The quantitative estimate of drug-likeness (QED) is 0.625. The second-order valence-corrected chi connectivity index (χ2v) is 3.15. The normalized spacial score (nSPS) is 15.2. The van der Waals surface area contributed by atoms with E-state index in [4.69, 9.17) is 5.73 Å². The summed E-state index contributed by atoms with van der Waals surface area (Å²) < 4.78 is 0. The van der Waals surface area contributed by atoms with Crippen LogP contribution in [0.25, 0.3) is 0 Å². The summed E-state index contributed by atoms with van der Waals surface area (Å²) in [6.45, 7) is 2.24. The molecule has 13 heavy (non-hydrogen) atoms. The van der Waals surface area contributed by atoms with Gasteiger partial charge in [-0.15, -0.1) is 0 Å². The standard InChI is InChI=1S/C9H11N3O/c1-6-2-3-7-8(4-6)12(13)5-9(10)11-7/h2-4,13H,5H2,1H3,(H2,10,11). The number of hydrogen-bond acceptors (Lipinski definition) is 4. The van der Waals surface area contributed by atoms with Crippen molar-refractivity contribution in [2.75, 3.05) is 11.6 Å². The number of fused-ring (bicyclic) bond motifs is 1. The Morgan fingerprint density at radius 3 is 3.08 bits per heavy atom. The van der Waals surface area contributed by atoms with Gasteiger partial charge in [0.2, 0.25) is 0 Å². The molecule has 0 saturated heterocycles. The fraction of sp³-hybridized carbons (Fsp3) is 0.222. The first-order valence-electron chi connectivity index (χ1n) is 4.07. The number of aryl methyl sites for hydroxylation is 1. The van der Waals surface area contributed by atoms with Crippen molar-refractivity contribution in [3.8, 4) is 0 Å². The Hall–Kier alpha value is -1.55. The van der Waals surface area contributed by atoms with E-state index in [9.17, 15) is 5.21 Å². The number of nitrogens with zero attached hydrogens (tertiary/aromatic N) is 2. The molecule has 4 heteroatoms. The van der Waals surface area contributed by atoms with Gasteiger partial charge in [-0.1, -0.05) is 6.07 Å². The van der Waals surface area contributed by atoms with Crippen LogP contribution >= 0.6 is 0 Å². The molecule has 0 bridgehead atoms. The van der Waals surface area contributed by atoms with E-state index < -0.39 is 0 Å². The summed E-state index contributed by atoms with van der Waals surface area (Å²) in [6, 6.07) is 5.67. The third-order valence-electron chi connectivity index (χ3n) is 1.98. The maximum atomic E-state index is 9.53. The first-order chi connectivity index (χ1) is 6.16. The van der Waals surface area contributed by atoms with Crippen molar-refractivity contribution in [1.29, 1.82) is 0 Å². The minimum Gasteiger partial charge on any atom is -0.386 e. The van der Waals surface area contributed by atoms with Crippen LogP contribution in [0.4, 0.5) is 11.4 Å². The molecular weight excluding hydrogens is 166 g/mol. The van der Waals surface area contributed by atoms with E-state index in [-0.39, 0.29) is 6.54 Å². The highest BCUT2D eigenvalue weighted by Gasteiger charge is 2.15. The van der Waals surface area contributed by atoms with Crippen molar-refractivity contribution in [3.05, 3.63) is 23.8 Å². The molecule has 1 heterocycles. The van der Waals surface area contributed by atoms with Crippen LogP contribution in [-0.2, 0) is 0 Å². The Morgan fingerprint density at radius 1 is 1.54 bits per heavy atom. The minimum atomic E-state index is 0.274. The molecule has 68 valence electrons. The van der Waals surface area contributed by atoms with E-state index in [0.29, 0.717) is 11.5 Å². The van der Waals surface area contributed by atoms with E-state index in [0.717, 1.165) is 16.3 Å². The number of aliphatic imine (C=N–C) groups is 1. The third-order valence-corrected chi connectivity index (χ3v) is 1.98. The van der Waals surface area contributed by atoms with Crippen LogP contribution in [0.3, 0.4) is 0 Å². The molecule has 1 aromatic carbocycles. The highest BCUT2D eigenvalue weighted by Crippen LogP contribution is 2.31. The SMILES string of the molecule is Cc1ccc2c(c1)N(O)CC(N)=N2. The van der Waals surface area contributed by atoms with Gasteiger partial charge in [0.15, 0.2) is 0 Å². The summed E-state index contributed by atoms with van der Waals surface area (Å²) in [5.41, 5.74) is 8.05. The summed E-state index contributed by atoms with van der Waals surface area (Å²) >= 11 is 0. The van der Waals surface area contributed by atoms with Crippen LogP contribution in [0, 0.1) is 6.92 Å². The van der Waals surface area contributed by atoms with Crippen LogP contribution in [-0.4, -0.2) is 17.6 Å². The molecule has 3 N–H and O–H groups in total. The van der Waals surface area contributed by atoms with Gasteiger partial charge in [-0.2, -0.15) is 0 Å². The average molecular weight is 177 g/mol. The number of nitrogens with two attached hydrogens (primary N) is 1. The molecule has 1 aliphatic rings. The molecule has 1 aromatic rings. The first kappa shape index (κ1) is 8.07. The highest BCUT2D eigenvalue weighted by atomic mass is 16.5. The number of anilines is 1. The van der Waals surface area contributed by atoms with Gasteiger partial charge in [0.05, 0.1) is 11.4 Å². The van der Waals surface area contributed by atoms with Crippen molar-refractivity contribution in [2.45, 2.75) is 6.92 Å². The molecule has 0 fully saturated rings. The molecule has 0 aromatic heterocycles. The molecule has 4 nitrogen and oxygen atoms in total. The number of hydrogen-bond donors (Lipinski definition) is 2. The maximum Gasteiger partial charge on any atom is 0.122 e. The average Bonchev–Trinajstić information content (AvgIpc) is 2.06. The predicted molar refractivity (Wildman–Crippen MR) is 51.6 cm³/mol. The van der Waals surface area contributed by atoms with Gasteiger partial charge in [0, 0.05) is 0 Å². The summed E-state index contributed by atoms with van der Waals surface area (Å²) in [6.07, 6.45) is 0. The van der Waals surface area contributed by atoms with Crippen molar-refractivity contribution >= 4 is 17.2 Å². The van der Waals surface area contributed by atoms with Crippen LogP contribution in [0.15, 0.2) is 23.2 Å². The van der Waals surface area contributed by atoms with Crippen LogP contribution in [0.1, 0.15) is 5.56 Å². The van der Waals surface area contributed by atoms with Gasteiger partial charge in [-0.05, 0) is 24.6 Å². The molecule has 0 spiro atoms. The largest absolute Gasteiger partial charge is 0.386 e. The second-order valence-electron chi connectivity index (χ2n) is 3.15. The van der Waals surface area contributed by atoms with Crippen LogP contribution in [0.2, 0.25) is 0 Å². The van der Waals surface area contributed by atoms with Crippen molar-refractivity contribution in [3.63, 3.8) is 0 Å². The summed E-state index contributed by atoms with van der Waals surface area (Å²) in [5.74, 6) is 0.429. The minimum absolute atomic E-state index is 0.274. The van der Waals surface area contributed by atoms with Gasteiger partial charge in [0.25, 0.3) is 0 Å². The van der Waals surface area contributed by atoms with Crippen molar-refractivity contribution in [2.24, 2.45) is 10.7 Å². The number of rotatable bonds is 0. The lowest BCUT2D eigenvalue weighted by atomic mass is 10.1. The zero-order valence-corrected chi connectivity index (χ0v) is 7.36. The first-order valence-corrected chi connectivity index (χ1v) is 4.07. The molecule has 0 radical (unpaired) electrons. The smallest absolute Gasteiger partial charge is 0.122 e. The lowest BCUT2D eigenvalue weighted by Crippen LogP contribution is -2.33.